The Morgan fingerprint density at radius 3 is 2.33 bits per heavy atom. The second-order valence-electron chi connectivity index (χ2n) is 7.47. The maximum absolute atomic E-state index is 14.7. The number of aryl methyl sites for hydroxylation is 1. The number of nitrogens with zero attached hydrogens (tertiary/aromatic N) is 2. The van der Waals surface area contributed by atoms with E-state index in [-0.39, 0.29) is 5.56 Å². The Hall–Kier alpha value is -3.81. The van der Waals surface area contributed by atoms with Crippen LogP contribution in [-0.2, 0) is 0 Å². The smallest absolute Gasteiger partial charge is 0.266 e. The Labute approximate surface area is 189 Å². The first-order chi connectivity index (χ1) is 15.9. The minimum Gasteiger partial charge on any atom is -0.493 e. The van der Waals surface area contributed by atoms with Crippen LogP contribution in [-0.4, -0.2) is 17.1 Å². The van der Waals surface area contributed by atoms with Gasteiger partial charge in [-0.25, -0.2) is 23.1 Å². The second-order valence-corrected chi connectivity index (χ2v) is 7.47. The fraction of sp³-hybridized carbons (Fsp3) is 0.200. The number of rotatable bonds is 7. The fourth-order valence-corrected chi connectivity index (χ4v) is 3.57. The van der Waals surface area contributed by atoms with Crippen LogP contribution >= 0.6 is 0 Å². The molecule has 1 N–H and O–H groups in total. The molecule has 8 heteroatoms. The van der Waals surface area contributed by atoms with E-state index in [4.69, 9.17) is 9.47 Å². The highest BCUT2D eigenvalue weighted by molar-refractivity contribution is 5.92. The summed E-state index contributed by atoms with van der Waals surface area (Å²) in [5, 5.41) is 3.76. The summed E-state index contributed by atoms with van der Waals surface area (Å²) in [5.41, 5.74) is 0.0770. The van der Waals surface area contributed by atoms with Crippen molar-refractivity contribution in [3.05, 3.63) is 83.4 Å². The van der Waals surface area contributed by atoms with E-state index in [0.29, 0.717) is 39.8 Å². The van der Waals surface area contributed by atoms with Crippen molar-refractivity contribution in [2.75, 3.05) is 12.4 Å². The topological polar surface area (TPSA) is 56.3 Å². The van der Waals surface area contributed by atoms with Gasteiger partial charge < -0.3 is 14.8 Å². The number of fused-ring (bicyclic) bond motifs is 1. The Kier molecular flexibility index (Phi) is 6.35. The number of hydrogen-bond acceptors (Lipinski definition) is 5. The molecule has 0 aliphatic heterocycles. The van der Waals surface area contributed by atoms with Crippen LogP contribution in [0.2, 0.25) is 0 Å². The quantitative estimate of drug-likeness (QED) is 0.327. The molecule has 4 rings (SSSR count). The van der Waals surface area contributed by atoms with Crippen molar-refractivity contribution >= 4 is 16.7 Å². The summed E-state index contributed by atoms with van der Waals surface area (Å²) < 4.78 is 52.4. The van der Waals surface area contributed by atoms with Crippen LogP contribution in [0.4, 0.5) is 19.0 Å². The van der Waals surface area contributed by atoms with Crippen LogP contribution in [0.15, 0.2) is 60.7 Å². The molecular weight excluding hydrogens is 431 g/mol. The first-order valence-corrected chi connectivity index (χ1v) is 10.3. The van der Waals surface area contributed by atoms with Gasteiger partial charge in [0.15, 0.2) is 11.5 Å². The van der Waals surface area contributed by atoms with Crippen LogP contribution in [0.25, 0.3) is 10.9 Å². The molecule has 0 bridgehead atoms. The highest BCUT2D eigenvalue weighted by Gasteiger charge is 2.21. The van der Waals surface area contributed by atoms with Gasteiger partial charge in [-0.2, -0.15) is 0 Å². The van der Waals surface area contributed by atoms with E-state index in [9.17, 15) is 13.2 Å². The molecule has 0 amide bonds. The normalized spacial score (nSPS) is 12.1. The molecule has 0 aliphatic carbocycles. The van der Waals surface area contributed by atoms with Gasteiger partial charge in [0.2, 0.25) is 0 Å². The van der Waals surface area contributed by atoms with E-state index in [1.54, 1.807) is 26.0 Å². The predicted octanol–water partition coefficient (Wildman–Crippen LogP) is 6.99. The number of para-hydroxylation sites is 1. The van der Waals surface area contributed by atoms with Crippen LogP contribution in [0, 0.1) is 12.7 Å². The summed E-state index contributed by atoms with van der Waals surface area (Å²) >= 11 is 0. The molecule has 0 aliphatic rings. The number of alkyl halides is 2. The number of aromatic nitrogens is 2. The average Bonchev–Trinajstić information content (AvgIpc) is 2.79. The minimum absolute atomic E-state index is 0.119. The van der Waals surface area contributed by atoms with E-state index in [0.717, 1.165) is 6.07 Å². The van der Waals surface area contributed by atoms with E-state index in [1.807, 2.05) is 30.3 Å². The molecule has 1 atom stereocenters. The number of hydrogen-bond donors (Lipinski definition) is 1. The molecule has 170 valence electrons. The summed E-state index contributed by atoms with van der Waals surface area (Å²) in [4.78, 5) is 8.94. The van der Waals surface area contributed by atoms with Crippen LogP contribution < -0.4 is 14.8 Å². The number of nitrogens with one attached hydrogen (secondary N) is 1. The number of anilines is 1. The zero-order chi connectivity index (χ0) is 23.5. The van der Waals surface area contributed by atoms with Gasteiger partial charge in [0, 0.05) is 17.0 Å². The SMILES string of the molecule is COc1cc2c(NC(C)c3cccc(C(F)F)c3F)nc(C)nc2cc1Oc1ccccc1. The van der Waals surface area contributed by atoms with Crippen molar-refractivity contribution in [1.82, 2.24) is 9.97 Å². The number of ether oxygens (including phenoxy) is 2. The zero-order valence-corrected chi connectivity index (χ0v) is 18.3. The van der Waals surface area contributed by atoms with Crippen LogP contribution in [0.5, 0.6) is 17.2 Å². The molecule has 0 spiro atoms. The Balaban J connectivity index is 1.73. The molecule has 0 fully saturated rings. The van der Waals surface area contributed by atoms with Crippen molar-refractivity contribution in [1.29, 1.82) is 0 Å². The summed E-state index contributed by atoms with van der Waals surface area (Å²) in [6.45, 7) is 3.41. The fourth-order valence-electron chi connectivity index (χ4n) is 3.57. The van der Waals surface area contributed by atoms with Crippen molar-refractivity contribution in [2.45, 2.75) is 26.3 Å². The molecule has 1 heterocycles. The van der Waals surface area contributed by atoms with Gasteiger partial charge >= 0.3 is 0 Å². The Bertz CT molecular complexity index is 1280. The molecule has 33 heavy (non-hydrogen) atoms. The summed E-state index contributed by atoms with van der Waals surface area (Å²) in [5.74, 6) is 1.55. The third kappa shape index (κ3) is 4.69. The Morgan fingerprint density at radius 1 is 0.909 bits per heavy atom. The molecular formula is C25H22F3N3O2. The maximum Gasteiger partial charge on any atom is 0.266 e. The van der Waals surface area contributed by atoms with Gasteiger partial charge in [-0.05, 0) is 32.0 Å². The van der Waals surface area contributed by atoms with E-state index in [1.165, 1.54) is 19.2 Å². The molecule has 1 aromatic heterocycles. The minimum atomic E-state index is -2.90. The zero-order valence-electron chi connectivity index (χ0n) is 18.3. The van der Waals surface area contributed by atoms with Gasteiger partial charge in [-0.15, -0.1) is 0 Å². The molecule has 0 saturated carbocycles. The van der Waals surface area contributed by atoms with E-state index < -0.39 is 23.8 Å². The van der Waals surface area contributed by atoms with Gasteiger partial charge in [0.1, 0.15) is 23.2 Å². The lowest BCUT2D eigenvalue weighted by molar-refractivity contribution is 0.146. The molecule has 5 nitrogen and oxygen atoms in total. The highest BCUT2D eigenvalue weighted by atomic mass is 19.3. The lowest BCUT2D eigenvalue weighted by Gasteiger charge is -2.19. The van der Waals surface area contributed by atoms with Crippen molar-refractivity contribution in [3.63, 3.8) is 0 Å². The van der Waals surface area contributed by atoms with Gasteiger partial charge in [-0.3, -0.25) is 0 Å². The van der Waals surface area contributed by atoms with Crippen LogP contribution in [0.3, 0.4) is 0 Å². The lowest BCUT2D eigenvalue weighted by Crippen LogP contribution is -2.12. The lowest BCUT2D eigenvalue weighted by atomic mass is 10.0. The van der Waals surface area contributed by atoms with Crippen molar-refractivity contribution < 1.29 is 22.6 Å². The molecule has 0 radical (unpaired) electrons. The van der Waals surface area contributed by atoms with Gasteiger partial charge in [0.05, 0.1) is 24.2 Å². The average molecular weight is 453 g/mol. The third-order valence-corrected chi connectivity index (χ3v) is 5.18. The van der Waals surface area contributed by atoms with E-state index in [2.05, 4.69) is 15.3 Å². The summed E-state index contributed by atoms with van der Waals surface area (Å²) in [7, 11) is 1.52. The van der Waals surface area contributed by atoms with Gasteiger partial charge in [0.25, 0.3) is 6.43 Å². The molecule has 0 saturated heterocycles. The molecule has 4 aromatic rings. The largest absolute Gasteiger partial charge is 0.493 e. The molecule has 1 unspecified atom stereocenters. The summed E-state index contributed by atoms with van der Waals surface area (Å²) in [6, 6.07) is 16.1. The standard InChI is InChI=1S/C25H22F3N3O2/c1-14(17-10-7-11-18(23(17)26)24(27)28)29-25-19-12-21(32-3)22(13-20(19)30-15(2)31-25)33-16-8-5-4-6-9-16/h4-14,24H,1-3H3,(H,29,30,31). The predicted molar refractivity (Wildman–Crippen MR) is 121 cm³/mol. The Morgan fingerprint density at radius 2 is 1.64 bits per heavy atom. The number of halogens is 3. The maximum atomic E-state index is 14.7. The summed E-state index contributed by atoms with van der Waals surface area (Å²) in [6.07, 6.45) is -2.90. The van der Waals surface area contributed by atoms with Crippen molar-refractivity contribution in [2.24, 2.45) is 0 Å². The molecule has 3 aromatic carbocycles. The van der Waals surface area contributed by atoms with Crippen molar-refractivity contribution in [3.8, 4) is 17.2 Å². The number of methoxy groups -OCH3 is 1. The second kappa shape index (κ2) is 9.36. The van der Waals surface area contributed by atoms with Crippen LogP contribution in [0.1, 0.15) is 36.3 Å². The third-order valence-electron chi connectivity index (χ3n) is 5.18. The monoisotopic (exact) mass is 453 g/mol. The van der Waals surface area contributed by atoms with Gasteiger partial charge in [-0.1, -0.05) is 36.4 Å². The number of benzene rings is 3. The first-order valence-electron chi connectivity index (χ1n) is 10.3. The first kappa shape index (κ1) is 22.4. The van der Waals surface area contributed by atoms with E-state index >= 15 is 0 Å². The highest BCUT2D eigenvalue weighted by Crippen LogP contribution is 2.38.